The SMILES string of the molecule is Fc1ccc(-c2cc(Cl)ncn2)cn1. The van der Waals surface area contributed by atoms with E-state index in [1.165, 1.54) is 18.6 Å². The normalized spacial score (nSPS) is 10.1. The molecule has 0 N–H and O–H groups in total. The smallest absolute Gasteiger partial charge is 0.212 e. The van der Waals surface area contributed by atoms with Crippen LogP contribution in [0.1, 0.15) is 0 Å². The third-order valence-corrected chi connectivity index (χ3v) is 1.86. The van der Waals surface area contributed by atoms with Gasteiger partial charge in [0.15, 0.2) is 0 Å². The number of aromatic nitrogens is 3. The maximum atomic E-state index is 12.5. The number of nitrogens with zero attached hydrogens (tertiary/aromatic N) is 3. The minimum atomic E-state index is -0.520. The highest BCUT2D eigenvalue weighted by molar-refractivity contribution is 6.29. The Hall–Kier alpha value is -1.55. The van der Waals surface area contributed by atoms with Crippen LogP contribution in [0.5, 0.6) is 0 Å². The molecular formula is C9H5ClFN3. The van der Waals surface area contributed by atoms with Crippen LogP contribution in [0.3, 0.4) is 0 Å². The fourth-order valence-corrected chi connectivity index (χ4v) is 1.17. The molecule has 0 bridgehead atoms. The number of halogens is 2. The van der Waals surface area contributed by atoms with Gasteiger partial charge in [-0.15, -0.1) is 0 Å². The van der Waals surface area contributed by atoms with Crippen molar-refractivity contribution in [2.45, 2.75) is 0 Å². The van der Waals surface area contributed by atoms with Crippen LogP contribution in [0.15, 0.2) is 30.7 Å². The molecule has 0 fully saturated rings. The summed E-state index contributed by atoms with van der Waals surface area (Å²) < 4.78 is 12.5. The van der Waals surface area contributed by atoms with E-state index in [1.54, 1.807) is 12.1 Å². The molecule has 0 unspecified atom stereocenters. The highest BCUT2D eigenvalue weighted by atomic mass is 35.5. The van der Waals surface area contributed by atoms with Crippen molar-refractivity contribution in [1.82, 2.24) is 15.0 Å². The van der Waals surface area contributed by atoms with Crippen LogP contribution in [-0.4, -0.2) is 15.0 Å². The Morgan fingerprint density at radius 1 is 1.14 bits per heavy atom. The van der Waals surface area contributed by atoms with E-state index in [2.05, 4.69) is 15.0 Å². The van der Waals surface area contributed by atoms with Crippen LogP contribution < -0.4 is 0 Å². The van der Waals surface area contributed by atoms with Crippen molar-refractivity contribution < 1.29 is 4.39 Å². The molecule has 2 aromatic heterocycles. The average molecular weight is 210 g/mol. The minimum absolute atomic E-state index is 0.347. The second-order valence-corrected chi connectivity index (χ2v) is 2.98. The number of rotatable bonds is 1. The lowest BCUT2D eigenvalue weighted by Gasteiger charge is -1.98. The van der Waals surface area contributed by atoms with Gasteiger partial charge < -0.3 is 0 Å². The van der Waals surface area contributed by atoms with Gasteiger partial charge in [-0.2, -0.15) is 4.39 Å². The summed E-state index contributed by atoms with van der Waals surface area (Å²) in [5.41, 5.74) is 1.33. The molecule has 0 aromatic carbocycles. The molecule has 3 nitrogen and oxygen atoms in total. The van der Waals surface area contributed by atoms with Crippen LogP contribution >= 0.6 is 11.6 Å². The maximum Gasteiger partial charge on any atom is 0.212 e. The van der Waals surface area contributed by atoms with Crippen LogP contribution in [-0.2, 0) is 0 Å². The fourth-order valence-electron chi connectivity index (χ4n) is 1.02. The molecule has 0 spiro atoms. The summed E-state index contributed by atoms with van der Waals surface area (Å²) in [7, 11) is 0. The summed E-state index contributed by atoms with van der Waals surface area (Å²) in [5, 5.41) is 0.347. The molecule has 5 heteroatoms. The lowest BCUT2D eigenvalue weighted by Crippen LogP contribution is -1.87. The number of hydrogen-bond acceptors (Lipinski definition) is 3. The molecule has 14 heavy (non-hydrogen) atoms. The largest absolute Gasteiger partial charge is 0.236 e. The van der Waals surface area contributed by atoms with Crippen molar-refractivity contribution in [2.24, 2.45) is 0 Å². The Balaban J connectivity index is 2.44. The third-order valence-electron chi connectivity index (χ3n) is 1.66. The second-order valence-electron chi connectivity index (χ2n) is 2.60. The van der Waals surface area contributed by atoms with E-state index in [4.69, 9.17) is 11.6 Å². The summed E-state index contributed by atoms with van der Waals surface area (Å²) in [6.45, 7) is 0. The molecular weight excluding hydrogens is 205 g/mol. The lowest BCUT2D eigenvalue weighted by molar-refractivity contribution is 0.584. The fraction of sp³-hybridized carbons (Fsp3) is 0. The Kier molecular flexibility index (Phi) is 2.37. The molecule has 0 radical (unpaired) electrons. The summed E-state index contributed by atoms with van der Waals surface area (Å²) in [5.74, 6) is -0.520. The molecule has 0 saturated heterocycles. The van der Waals surface area contributed by atoms with Crippen LogP contribution in [0, 0.1) is 5.95 Å². The molecule has 0 atom stereocenters. The van der Waals surface area contributed by atoms with Gasteiger partial charge in [-0.3, -0.25) is 0 Å². The van der Waals surface area contributed by atoms with Gasteiger partial charge in [0, 0.05) is 17.8 Å². The zero-order valence-electron chi connectivity index (χ0n) is 6.98. The van der Waals surface area contributed by atoms with Crippen molar-refractivity contribution in [3.63, 3.8) is 0 Å². The summed E-state index contributed by atoms with van der Waals surface area (Å²) in [6.07, 6.45) is 2.75. The lowest BCUT2D eigenvalue weighted by atomic mass is 10.2. The highest BCUT2D eigenvalue weighted by Crippen LogP contribution is 2.17. The average Bonchev–Trinajstić information content (AvgIpc) is 2.19. The van der Waals surface area contributed by atoms with E-state index in [0.29, 0.717) is 16.4 Å². The monoisotopic (exact) mass is 209 g/mol. The van der Waals surface area contributed by atoms with Crippen LogP contribution in [0.25, 0.3) is 11.3 Å². The predicted octanol–water partition coefficient (Wildman–Crippen LogP) is 2.33. The van der Waals surface area contributed by atoms with Gasteiger partial charge in [0.25, 0.3) is 0 Å². The zero-order valence-corrected chi connectivity index (χ0v) is 7.74. The molecule has 0 aliphatic heterocycles. The summed E-state index contributed by atoms with van der Waals surface area (Å²) in [4.78, 5) is 11.2. The van der Waals surface area contributed by atoms with Crippen molar-refractivity contribution in [3.8, 4) is 11.3 Å². The van der Waals surface area contributed by atoms with Gasteiger partial charge in [-0.05, 0) is 12.1 Å². The molecule has 0 saturated carbocycles. The Bertz CT molecular complexity index is 444. The minimum Gasteiger partial charge on any atom is -0.236 e. The van der Waals surface area contributed by atoms with Gasteiger partial charge in [-0.25, -0.2) is 15.0 Å². The van der Waals surface area contributed by atoms with Crippen molar-refractivity contribution in [1.29, 1.82) is 0 Å². The molecule has 0 aliphatic rings. The third kappa shape index (κ3) is 1.85. The summed E-state index contributed by atoms with van der Waals surface area (Å²) in [6, 6.07) is 4.45. The van der Waals surface area contributed by atoms with E-state index in [9.17, 15) is 4.39 Å². The standard InChI is InChI=1S/C9H5ClFN3/c10-8-3-7(13-5-14-8)6-1-2-9(11)12-4-6/h1-5H. The van der Waals surface area contributed by atoms with Gasteiger partial charge in [-0.1, -0.05) is 11.6 Å². The van der Waals surface area contributed by atoms with Crippen molar-refractivity contribution in [3.05, 3.63) is 41.8 Å². The van der Waals surface area contributed by atoms with Gasteiger partial charge in [0.1, 0.15) is 11.5 Å². The molecule has 2 heterocycles. The Labute approximate surface area is 84.6 Å². The molecule has 0 amide bonds. The molecule has 70 valence electrons. The predicted molar refractivity (Wildman–Crippen MR) is 50.2 cm³/mol. The van der Waals surface area contributed by atoms with Gasteiger partial charge in [0.05, 0.1) is 5.69 Å². The Morgan fingerprint density at radius 2 is 2.00 bits per heavy atom. The van der Waals surface area contributed by atoms with E-state index < -0.39 is 5.95 Å². The topological polar surface area (TPSA) is 38.7 Å². The van der Waals surface area contributed by atoms with Crippen molar-refractivity contribution in [2.75, 3.05) is 0 Å². The van der Waals surface area contributed by atoms with E-state index >= 15 is 0 Å². The van der Waals surface area contributed by atoms with Crippen LogP contribution in [0.4, 0.5) is 4.39 Å². The number of hydrogen-bond donors (Lipinski definition) is 0. The summed E-state index contributed by atoms with van der Waals surface area (Å²) >= 11 is 5.68. The van der Waals surface area contributed by atoms with Crippen LogP contribution in [0.2, 0.25) is 5.15 Å². The zero-order chi connectivity index (χ0) is 9.97. The molecule has 2 aromatic rings. The van der Waals surface area contributed by atoms with Gasteiger partial charge in [0.2, 0.25) is 5.95 Å². The first kappa shape index (κ1) is 9.02. The molecule has 2 rings (SSSR count). The van der Waals surface area contributed by atoms with E-state index in [0.717, 1.165) is 0 Å². The van der Waals surface area contributed by atoms with E-state index in [-0.39, 0.29) is 0 Å². The van der Waals surface area contributed by atoms with Crippen molar-refractivity contribution >= 4 is 11.6 Å². The first-order valence-electron chi connectivity index (χ1n) is 3.85. The van der Waals surface area contributed by atoms with E-state index in [1.807, 2.05) is 0 Å². The highest BCUT2D eigenvalue weighted by Gasteiger charge is 2.01. The quantitative estimate of drug-likeness (QED) is 0.535. The second kappa shape index (κ2) is 3.67. The number of pyridine rings is 1. The molecule has 0 aliphatic carbocycles. The first-order valence-corrected chi connectivity index (χ1v) is 4.23. The first-order chi connectivity index (χ1) is 6.75. The Morgan fingerprint density at radius 3 is 2.64 bits per heavy atom. The maximum absolute atomic E-state index is 12.5. The van der Waals surface area contributed by atoms with Gasteiger partial charge >= 0.3 is 0 Å².